The van der Waals surface area contributed by atoms with Crippen LogP contribution in [-0.2, 0) is 14.3 Å². The lowest BCUT2D eigenvalue weighted by atomic mass is 10.0. The normalized spacial score (nSPS) is 44.2. The third-order valence-electron chi connectivity index (χ3n) is 3.56. The van der Waals surface area contributed by atoms with E-state index >= 15 is 0 Å². The monoisotopic (exact) mass is 241 g/mol. The first-order valence-electron chi connectivity index (χ1n) is 5.75. The van der Waals surface area contributed by atoms with E-state index in [1.807, 2.05) is 11.8 Å². The molecule has 2 N–H and O–H groups in total. The molecule has 0 aromatic carbocycles. The second kappa shape index (κ2) is 3.69. The van der Waals surface area contributed by atoms with Gasteiger partial charge in [-0.05, 0) is 0 Å². The number of carbonyl (C=O) groups excluding carboxylic acids is 1. The van der Waals surface area contributed by atoms with Crippen LogP contribution < -0.4 is 0 Å². The van der Waals surface area contributed by atoms with Gasteiger partial charge in [-0.15, -0.1) is 0 Å². The molecule has 2 saturated heterocycles. The fourth-order valence-electron chi connectivity index (χ4n) is 2.54. The summed E-state index contributed by atoms with van der Waals surface area (Å²) in [5, 5.41) is 18.9. The van der Waals surface area contributed by atoms with Crippen molar-refractivity contribution in [3.8, 4) is 0 Å². The number of fused-ring (bicyclic) bond motifs is 3. The predicted octanol–water partition coefficient (Wildman–Crippen LogP) is -1.17. The maximum Gasteiger partial charge on any atom is 0.195 e. The van der Waals surface area contributed by atoms with Crippen molar-refractivity contribution in [2.75, 3.05) is 13.2 Å². The number of hydrogen-bond acceptors (Lipinski definition) is 6. The minimum Gasteiger partial charge on any atom is -0.468 e. The molecule has 6 nitrogen and oxygen atoms in total. The summed E-state index contributed by atoms with van der Waals surface area (Å²) in [6, 6.07) is 0. The van der Waals surface area contributed by atoms with Gasteiger partial charge in [0, 0.05) is 18.5 Å². The van der Waals surface area contributed by atoms with Crippen LogP contribution in [0.25, 0.3) is 0 Å². The molecule has 0 amide bonds. The first-order valence-corrected chi connectivity index (χ1v) is 5.75. The van der Waals surface area contributed by atoms with Crippen LogP contribution in [0.4, 0.5) is 0 Å². The molecule has 0 aromatic heterocycles. The molecule has 94 valence electrons. The molecule has 3 aliphatic rings. The Hall–Kier alpha value is -1.11. The molecular weight excluding hydrogens is 226 g/mol. The highest BCUT2D eigenvalue weighted by atomic mass is 16.6. The Morgan fingerprint density at radius 3 is 3.06 bits per heavy atom. The molecule has 0 saturated carbocycles. The van der Waals surface area contributed by atoms with Gasteiger partial charge in [-0.25, -0.2) is 0 Å². The second-order valence-corrected chi connectivity index (χ2v) is 4.76. The highest BCUT2D eigenvalue weighted by Gasteiger charge is 2.54. The van der Waals surface area contributed by atoms with E-state index < -0.39 is 24.5 Å². The maximum atomic E-state index is 11.5. The molecule has 1 unspecified atom stereocenters. The van der Waals surface area contributed by atoms with E-state index in [1.54, 1.807) is 0 Å². The minimum atomic E-state index is -0.859. The molecule has 3 rings (SSSR count). The minimum absolute atomic E-state index is 0.0319. The van der Waals surface area contributed by atoms with Gasteiger partial charge in [0.2, 0.25) is 0 Å². The standard InChI is InChI=1S/C11H15NO5/c1-5-3-12-8(2-6(5)14)17-10-9(15)7(4-13)16-11(10)12/h2,5,7,9-11,13,15H,3-4H2,1H3/t5?,7-,9-,10+,11-/m0/s1. The zero-order valence-electron chi connectivity index (χ0n) is 9.44. The molecule has 6 heteroatoms. The van der Waals surface area contributed by atoms with Crippen molar-refractivity contribution in [1.29, 1.82) is 0 Å². The van der Waals surface area contributed by atoms with E-state index in [0.29, 0.717) is 12.4 Å². The number of allylic oxidation sites excluding steroid dienone is 1. The summed E-state index contributed by atoms with van der Waals surface area (Å²) in [5.74, 6) is 0.401. The quantitative estimate of drug-likeness (QED) is 0.602. The summed E-state index contributed by atoms with van der Waals surface area (Å²) < 4.78 is 11.1. The van der Waals surface area contributed by atoms with E-state index in [1.165, 1.54) is 6.08 Å². The lowest BCUT2D eigenvalue weighted by Crippen LogP contribution is -2.40. The Bertz CT molecular complexity index is 382. The average molecular weight is 241 g/mol. The topological polar surface area (TPSA) is 79.2 Å². The van der Waals surface area contributed by atoms with E-state index in [9.17, 15) is 9.90 Å². The number of aliphatic hydroxyl groups excluding tert-OH is 2. The summed E-state index contributed by atoms with van der Waals surface area (Å²) >= 11 is 0. The summed E-state index contributed by atoms with van der Waals surface area (Å²) in [4.78, 5) is 13.4. The lowest BCUT2D eigenvalue weighted by Gasteiger charge is -2.29. The molecule has 0 bridgehead atoms. The molecule has 3 aliphatic heterocycles. The van der Waals surface area contributed by atoms with Crippen LogP contribution in [0.1, 0.15) is 6.92 Å². The van der Waals surface area contributed by atoms with Gasteiger partial charge in [0.25, 0.3) is 0 Å². The summed E-state index contributed by atoms with van der Waals surface area (Å²) in [6.45, 7) is 2.13. The van der Waals surface area contributed by atoms with E-state index in [-0.39, 0.29) is 18.3 Å². The molecule has 2 fully saturated rings. The van der Waals surface area contributed by atoms with Crippen molar-refractivity contribution < 1.29 is 24.5 Å². The number of aliphatic hydroxyl groups is 2. The van der Waals surface area contributed by atoms with Crippen molar-refractivity contribution in [3.63, 3.8) is 0 Å². The van der Waals surface area contributed by atoms with E-state index in [4.69, 9.17) is 14.6 Å². The Balaban J connectivity index is 1.86. The smallest absolute Gasteiger partial charge is 0.195 e. The zero-order valence-corrected chi connectivity index (χ0v) is 9.44. The first kappa shape index (κ1) is 11.0. The van der Waals surface area contributed by atoms with Crippen molar-refractivity contribution in [3.05, 3.63) is 12.0 Å². The fraction of sp³-hybridized carbons (Fsp3) is 0.727. The number of hydrogen-bond donors (Lipinski definition) is 2. The first-order chi connectivity index (χ1) is 8.11. The maximum absolute atomic E-state index is 11.5. The third kappa shape index (κ3) is 1.48. The van der Waals surface area contributed by atoms with Gasteiger partial charge in [0.15, 0.2) is 24.0 Å². The van der Waals surface area contributed by atoms with Crippen molar-refractivity contribution in [2.24, 2.45) is 5.92 Å². The number of ketones is 1. The largest absolute Gasteiger partial charge is 0.468 e. The molecule has 0 aliphatic carbocycles. The van der Waals surface area contributed by atoms with Crippen LogP contribution in [0, 0.1) is 5.92 Å². The number of carbonyl (C=O) groups is 1. The second-order valence-electron chi connectivity index (χ2n) is 4.76. The summed E-state index contributed by atoms with van der Waals surface area (Å²) in [5.41, 5.74) is 0. The van der Waals surface area contributed by atoms with Crippen molar-refractivity contribution >= 4 is 5.78 Å². The molecular formula is C11H15NO5. The van der Waals surface area contributed by atoms with Crippen LogP contribution in [0.3, 0.4) is 0 Å². The van der Waals surface area contributed by atoms with Crippen LogP contribution in [-0.4, -0.2) is 58.6 Å². The van der Waals surface area contributed by atoms with E-state index in [0.717, 1.165) is 0 Å². The highest BCUT2D eigenvalue weighted by Crippen LogP contribution is 2.38. The zero-order chi connectivity index (χ0) is 12.2. The van der Waals surface area contributed by atoms with Gasteiger partial charge < -0.3 is 24.6 Å². The number of nitrogens with zero attached hydrogens (tertiary/aromatic N) is 1. The Kier molecular flexibility index (Phi) is 2.39. The highest BCUT2D eigenvalue weighted by molar-refractivity contribution is 5.92. The number of rotatable bonds is 1. The van der Waals surface area contributed by atoms with Crippen LogP contribution in [0.15, 0.2) is 12.0 Å². The average Bonchev–Trinajstić information content (AvgIpc) is 2.78. The van der Waals surface area contributed by atoms with Gasteiger partial charge in [-0.1, -0.05) is 6.92 Å². The summed E-state index contributed by atoms with van der Waals surface area (Å²) in [6.07, 6.45) is -0.932. The Labute approximate surface area is 98.4 Å². The van der Waals surface area contributed by atoms with Gasteiger partial charge in [-0.3, -0.25) is 4.79 Å². The molecule has 17 heavy (non-hydrogen) atoms. The van der Waals surface area contributed by atoms with Crippen molar-refractivity contribution in [2.45, 2.75) is 31.5 Å². The third-order valence-corrected chi connectivity index (χ3v) is 3.56. The van der Waals surface area contributed by atoms with Crippen molar-refractivity contribution in [1.82, 2.24) is 4.90 Å². The number of ether oxygens (including phenoxy) is 2. The molecule has 0 radical (unpaired) electrons. The van der Waals surface area contributed by atoms with E-state index in [2.05, 4.69) is 0 Å². The molecule has 0 aromatic rings. The fourth-order valence-corrected chi connectivity index (χ4v) is 2.54. The molecule has 5 atom stereocenters. The Morgan fingerprint density at radius 2 is 2.35 bits per heavy atom. The Morgan fingerprint density at radius 1 is 1.59 bits per heavy atom. The SMILES string of the molecule is CC1CN2C(=CC1=O)O[C@@H]1[C@@H](O)[C@H](CO)O[C@@H]12. The van der Waals surface area contributed by atoms with Crippen LogP contribution >= 0.6 is 0 Å². The summed E-state index contributed by atoms with van der Waals surface area (Å²) in [7, 11) is 0. The van der Waals surface area contributed by atoms with Gasteiger partial charge in [0.1, 0.15) is 12.2 Å². The van der Waals surface area contributed by atoms with Gasteiger partial charge >= 0.3 is 0 Å². The molecule has 3 heterocycles. The predicted molar refractivity (Wildman–Crippen MR) is 55.6 cm³/mol. The van der Waals surface area contributed by atoms with Gasteiger partial charge in [0.05, 0.1) is 6.61 Å². The van der Waals surface area contributed by atoms with Gasteiger partial charge in [-0.2, -0.15) is 0 Å². The van der Waals surface area contributed by atoms with Crippen LogP contribution in [0.2, 0.25) is 0 Å². The molecule has 0 spiro atoms. The lowest BCUT2D eigenvalue weighted by molar-refractivity contribution is -0.121. The van der Waals surface area contributed by atoms with Crippen LogP contribution in [0.5, 0.6) is 0 Å².